The average Bonchev–Trinajstić information content (AvgIpc) is 2.49. The molecule has 0 radical (unpaired) electrons. The third-order valence-corrected chi connectivity index (χ3v) is 3.40. The molecule has 0 heterocycles. The molecule has 0 aliphatic carbocycles. The summed E-state index contributed by atoms with van der Waals surface area (Å²) in [5.41, 5.74) is 1.99. The van der Waals surface area contributed by atoms with Crippen molar-refractivity contribution in [1.29, 1.82) is 0 Å². The van der Waals surface area contributed by atoms with Gasteiger partial charge < -0.3 is 4.74 Å². The molecule has 0 saturated carbocycles. The largest absolute Gasteiger partial charge is 0.417 e. The predicted octanol–water partition coefficient (Wildman–Crippen LogP) is 5.20. The zero-order valence-corrected chi connectivity index (χ0v) is 12.5. The minimum atomic E-state index is -0.476. The van der Waals surface area contributed by atoms with E-state index >= 15 is 0 Å². The molecule has 2 rings (SSSR count). The van der Waals surface area contributed by atoms with Crippen molar-refractivity contribution < 1.29 is 9.53 Å². The van der Waals surface area contributed by atoms with Crippen LogP contribution in [-0.4, -0.2) is 6.09 Å². The summed E-state index contributed by atoms with van der Waals surface area (Å²) in [5.74, 6) is 1.08. The van der Waals surface area contributed by atoms with Crippen LogP contribution in [0, 0.1) is 0 Å². The fourth-order valence-corrected chi connectivity index (χ4v) is 2.24. The van der Waals surface area contributed by atoms with E-state index in [4.69, 9.17) is 4.74 Å². The number of benzene rings is 2. The van der Waals surface area contributed by atoms with Crippen molar-refractivity contribution in [1.82, 2.24) is 0 Å². The first-order chi connectivity index (χ1) is 10.2. The van der Waals surface area contributed by atoms with Gasteiger partial charge in [-0.1, -0.05) is 50.6 Å². The molecule has 0 fully saturated rings. The molecule has 3 heteroatoms. The Morgan fingerprint density at radius 3 is 2.38 bits per heavy atom. The van der Waals surface area contributed by atoms with Gasteiger partial charge in [0.1, 0.15) is 5.75 Å². The molecule has 0 aliphatic rings. The fraction of sp³-hybridized carbons (Fsp3) is 0.278. The molecule has 2 aromatic carbocycles. The highest BCUT2D eigenvalue weighted by Crippen LogP contribution is 2.23. The SMILES string of the molecule is CCCC(C)c1ccc(OC(=O)Nc2ccccc2)cc1. The average molecular weight is 283 g/mol. The van der Waals surface area contributed by atoms with Crippen molar-refractivity contribution in [2.75, 3.05) is 5.32 Å². The summed E-state index contributed by atoms with van der Waals surface area (Å²) in [4.78, 5) is 11.8. The molecule has 3 nitrogen and oxygen atoms in total. The second-order valence-electron chi connectivity index (χ2n) is 5.14. The van der Waals surface area contributed by atoms with Gasteiger partial charge in [-0.25, -0.2) is 4.79 Å². The second-order valence-corrected chi connectivity index (χ2v) is 5.14. The van der Waals surface area contributed by atoms with Gasteiger partial charge in [-0.05, 0) is 42.2 Å². The molecule has 21 heavy (non-hydrogen) atoms. The molecule has 0 saturated heterocycles. The van der Waals surface area contributed by atoms with Crippen LogP contribution in [0.25, 0.3) is 0 Å². The molecule has 1 N–H and O–H groups in total. The lowest BCUT2D eigenvalue weighted by atomic mass is 9.97. The maximum atomic E-state index is 11.8. The van der Waals surface area contributed by atoms with Crippen LogP contribution in [0.4, 0.5) is 10.5 Å². The van der Waals surface area contributed by atoms with Gasteiger partial charge in [-0.3, -0.25) is 5.32 Å². The summed E-state index contributed by atoms with van der Waals surface area (Å²) >= 11 is 0. The van der Waals surface area contributed by atoms with Gasteiger partial charge in [0, 0.05) is 5.69 Å². The third kappa shape index (κ3) is 4.63. The van der Waals surface area contributed by atoms with Crippen LogP contribution >= 0.6 is 0 Å². The van der Waals surface area contributed by atoms with E-state index in [1.165, 1.54) is 12.0 Å². The van der Waals surface area contributed by atoms with E-state index in [0.29, 0.717) is 11.7 Å². The first kappa shape index (κ1) is 15.1. The topological polar surface area (TPSA) is 38.3 Å². The van der Waals surface area contributed by atoms with Crippen LogP contribution in [0.15, 0.2) is 54.6 Å². The Morgan fingerprint density at radius 1 is 1.10 bits per heavy atom. The van der Waals surface area contributed by atoms with E-state index in [-0.39, 0.29) is 0 Å². The summed E-state index contributed by atoms with van der Waals surface area (Å²) in [7, 11) is 0. The van der Waals surface area contributed by atoms with Gasteiger partial charge >= 0.3 is 6.09 Å². The van der Waals surface area contributed by atoms with E-state index in [9.17, 15) is 4.79 Å². The summed E-state index contributed by atoms with van der Waals surface area (Å²) in [6, 6.07) is 17.0. The van der Waals surface area contributed by atoms with Crippen molar-refractivity contribution >= 4 is 11.8 Å². The molecule has 1 unspecified atom stereocenters. The zero-order chi connectivity index (χ0) is 15.1. The van der Waals surface area contributed by atoms with Crippen LogP contribution < -0.4 is 10.1 Å². The number of ether oxygens (including phenoxy) is 1. The lowest BCUT2D eigenvalue weighted by molar-refractivity contribution is 0.215. The fourth-order valence-electron chi connectivity index (χ4n) is 2.24. The van der Waals surface area contributed by atoms with Crippen molar-refractivity contribution in [3.05, 3.63) is 60.2 Å². The molecule has 0 aliphatic heterocycles. The van der Waals surface area contributed by atoms with Crippen molar-refractivity contribution in [2.45, 2.75) is 32.6 Å². The van der Waals surface area contributed by atoms with E-state index < -0.39 is 6.09 Å². The maximum absolute atomic E-state index is 11.8. The number of hydrogen-bond acceptors (Lipinski definition) is 2. The Balaban J connectivity index is 1.92. The molecule has 0 bridgehead atoms. The van der Waals surface area contributed by atoms with Gasteiger partial charge in [0.05, 0.1) is 0 Å². The first-order valence-electron chi connectivity index (χ1n) is 7.33. The Bertz CT molecular complexity index is 564. The van der Waals surface area contributed by atoms with E-state index in [0.717, 1.165) is 12.1 Å². The van der Waals surface area contributed by atoms with Crippen molar-refractivity contribution in [3.63, 3.8) is 0 Å². The number of anilines is 1. The van der Waals surface area contributed by atoms with Crippen molar-refractivity contribution in [2.24, 2.45) is 0 Å². The smallest absolute Gasteiger partial charge is 0.410 e. The van der Waals surface area contributed by atoms with Crippen LogP contribution in [-0.2, 0) is 0 Å². The molecule has 0 spiro atoms. The minimum Gasteiger partial charge on any atom is -0.410 e. The van der Waals surface area contributed by atoms with Gasteiger partial charge in [0.2, 0.25) is 0 Å². The Morgan fingerprint density at radius 2 is 1.76 bits per heavy atom. The maximum Gasteiger partial charge on any atom is 0.417 e. The summed E-state index contributed by atoms with van der Waals surface area (Å²) in [6.07, 6.45) is 1.85. The highest BCUT2D eigenvalue weighted by atomic mass is 16.6. The highest BCUT2D eigenvalue weighted by molar-refractivity contribution is 5.86. The zero-order valence-electron chi connectivity index (χ0n) is 12.5. The number of carbonyl (C=O) groups excluding carboxylic acids is 1. The molecule has 110 valence electrons. The monoisotopic (exact) mass is 283 g/mol. The molecule has 1 amide bonds. The van der Waals surface area contributed by atoms with Crippen LogP contribution in [0.5, 0.6) is 5.75 Å². The Kier molecular flexibility index (Phi) is 5.38. The number of hydrogen-bond donors (Lipinski definition) is 1. The lowest BCUT2D eigenvalue weighted by Crippen LogP contribution is -2.16. The molecular weight excluding hydrogens is 262 g/mol. The number of amides is 1. The van der Waals surface area contributed by atoms with Crippen LogP contribution in [0.1, 0.15) is 38.2 Å². The highest BCUT2D eigenvalue weighted by Gasteiger charge is 2.07. The van der Waals surface area contributed by atoms with Crippen LogP contribution in [0.2, 0.25) is 0 Å². The quantitative estimate of drug-likeness (QED) is 0.819. The third-order valence-electron chi connectivity index (χ3n) is 3.40. The Hall–Kier alpha value is -2.29. The number of rotatable bonds is 5. The number of carbonyl (C=O) groups is 1. The lowest BCUT2D eigenvalue weighted by Gasteiger charge is -2.11. The summed E-state index contributed by atoms with van der Waals surface area (Å²) in [6.45, 7) is 4.39. The minimum absolute atomic E-state index is 0.476. The van der Waals surface area contributed by atoms with Gasteiger partial charge in [0.25, 0.3) is 0 Å². The Labute approximate surface area is 126 Å². The van der Waals surface area contributed by atoms with Crippen molar-refractivity contribution in [3.8, 4) is 5.75 Å². The summed E-state index contributed by atoms with van der Waals surface area (Å²) < 4.78 is 5.26. The van der Waals surface area contributed by atoms with E-state index in [1.54, 1.807) is 0 Å². The second kappa shape index (κ2) is 7.48. The molecule has 0 aromatic heterocycles. The molecule has 2 aromatic rings. The number of nitrogens with one attached hydrogen (secondary N) is 1. The predicted molar refractivity (Wildman–Crippen MR) is 85.9 cm³/mol. The van der Waals surface area contributed by atoms with E-state index in [2.05, 4.69) is 19.2 Å². The van der Waals surface area contributed by atoms with Crippen LogP contribution in [0.3, 0.4) is 0 Å². The molecular formula is C18H21NO2. The first-order valence-corrected chi connectivity index (χ1v) is 7.33. The number of para-hydroxylation sites is 1. The van der Waals surface area contributed by atoms with Gasteiger partial charge in [-0.15, -0.1) is 0 Å². The summed E-state index contributed by atoms with van der Waals surface area (Å²) in [5, 5.41) is 2.69. The van der Waals surface area contributed by atoms with E-state index in [1.807, 2.05) is 54.6 Å². The normalized spacial score (nSPS) is 11.7. The van der Waals surface area contributed by atoms with Gasteiger partial charge in [0.15, 0.2) is 0 Å². The standard InChI is InChI=1S/C18H21NO2/c1-3-7-14(2)15-10-12-17(13-11-15)21-18(20)19-16-8-5-4-6-9-16/h4-6,8-14H,3,7H2,1-2H3,(H,19,20). The molecule has 1 atom stereocenters. The van der Waals surface area contributed by atoms with Gasteiger partial charge in [-0.2, -0.15) is 0 Å².